The van der Waals surface area contributed by atoms with E-state index >= 15 is 0 Å². The van der Waals surface area contributed by atoms with Crippen LogP contribution in [-0.4, -0.2) is 64.1 Å². The number of unbranched alkanes of at least 4 members (excludes halogenated alkanes) is 1. The average Bonchev–Trinajstić information content (AvgIpc) is 2.64. The number of ether oxygens (including phenoxy) is 2. The number of hydrogen-bond donors (Lipinski definition) is 3. The number of pyridine rings is 1. The number of anilines is 1. The molecule has 7 heteroatoms. The van der Waals surface area contributed by atoms with Gasteiger partial charge in [0.2, 0.25) is 0 Å². The number of aromatic nitrogens is 1. The zero-order chi connectivity index (χ0) is 18.0. The molecule has 142 valence electrons. The van der Waals surface area contributed by atoms with Gasteiger partial charge in [0.15, 0.2) is 5.96 Å². The smallest absolute Gasteiger partial charge is 0.191 e. The van der Waals surface area contributed by atoms with Gasteiger partial charge in [-0.05, 0) is 38.3 Å². The first-order valence-corrected chi connectivity index (χ1v) is 9.10. The van der Waals surface area contributed by atoms with Crippen molar-refractivity contribution in [2.75, 3.05) is 58.4 Å². The highest BCUT2D eigenvalue weighted by molar-refractivity contribution is 5.79. The average molecular weight is 351 g/mol. The maximum absolute atomic E-state index is 5.43. The zero-order valence-corrected chi connectivity index (χ0v) is 15.6. The first-order valence-electron chi connectivity index (χ1n) is 9.10. The minimum absolute atomic E-state index is 0.642. The summed E-state index contributed by atoms with van der Waals surface area (Å²) in [4.78, 5) is 8.80. The van der Waals surface area contributed by atoms with Crippen molar-refractivity contribution in [3.8, 4) is 0 Å². The molecule has 0 atom stereocenters. The zero-order valence-electron chi connectivity index (χ0n) is 15.6. The second-order valence-corrected chi connectivity index (χ2v) is 5.50. The van der Waals surface area contributed by atoms with Crippen LogP contribution >= 0.6 is 0 Å². The lowest BCUT2D eigenvalue weighted by atomic mass is 10.3. The first-order chi connectivity index (χ1) is 12.4. The van der Waals surface area contributed by atoms with Gasteiger partial charge in [0, 0.05) is 46.1 Å². The summed E-state index contributed by atoms with van der Waals surface area (Å²) in [5.41, 5.74) is 0. The Bertz CT molecular complexity index is 442. The van der Waals surface area contributed by atoms with E-state index in [0.717, 1.165) is 57.2 Å². The largest absolute Gasteiger partial charge is 0.382 e. The van der Waals surface area contributed by atoms with Gasteiger partial charge in [0.05, 0.1) is 13.2 Å². The Morgan fingerprint density at radius 2 is 1.96 bits per heavy atom. The minimum atomic E-state index is 0.642. The fourth-order valence-electron chi connectivity index (χ4n) is 2.08. The van der Waals surface area contributed by atoms with Crippen LogP contribution in [0.15, 0.2) is 29.4 Å². The molecule has 0 saturated carbocycles. The summed E-state index contributed by atoms with van der Waals surface area (Å²) in [6.45, 7) is 7.51. The molecule has 0 aliphatic carbocycles. The molecular formula is C18H33N5O2. The summed E-state index contributed by atoms with van der Waals surface area (Å²) in [6, 6.07) is 5.88. The van der Waals surface area contributed by atoms with Gasteiger partial charge >= 0.3 is 0 Å². The number of guanidine groups is 1. The van der Waals surface area contributed by atoms with Gasteiger partial charge in [0.1, 0.15) is 5.82 Å². The van der Waals surface area contributed by atoms with Gasteiger partial charge in [-0.2, -0.15) is 0 Å². The lowest BCUT2D eigenvalue weighted by molar-refractivity contribution is 0.0702. The van der Waals surface area contributed by atoms with Gasteiger partial charge in [-0.3, -0.25) is 4.99 Å². The van der Waals surface area contributed by atoms with Crippen molar-refractivity contribution < 1.29 is 9.47 Å². The summed E-state index contributed by atoms with van der Waals surface area (Å²) in [6.07, 6.45) is 4.86. The molecule has 0 radical (unpaired) electrons. The minimum Gasteiger partial charge on any atom is -0.382 e. The Labute approximate surface area is 151 Å². The normalized spacial score (nSPS) is 11.4. The van der Waals surface area contributed by atoms with Crippen LogP contribution in [0.2, 0.25) is 0 Å². The Morgan fingerprint density at radius 3 is 2.72 bits per heavy atom. The van der Waals surface area contributed by atoms with Gasteiger partial charge in [-0.1, -0.05) is 6.07 Å². The molecule has 1 rings (SSSR count). The quantitative estimate of drug-likeness (QED) is 0.270. The molecule has 1 aromatic rings. The molecule has 3 N–H and O–H groups in total. The Balaban J connectivity index is 2.06. The van der Waals surface area contributed by atoms with Crippen LogP contribution in [0.3, 0.4) is 0 Å². The standard InChI is InChI=1S/C18H33N5O2/c1-3-19-18(23-13-8-14-25-16-15-24-2)22-12-7-6-11-21-17-9-4-5-10-20-17/h4-5,9-10H,3,6-8,11-16H2,1-2H3,(H,20,21)(H2,19,22,23). The van der Waals surface area contributed by atoms with Crippen molar-refractivity contribution in [3.05, 3.63) is 24.4 Å². The third-order valence-electron chi connectivity index (χ3n) is 3.36. The van der Waals surface area contributed by atoms with Gasteiger partial charge in [-0.25, -0.2) is 4.98 Å². The van der Waals surface area contributed by atoms with Crippen LogP contribution in [-0.2, 0) is 9.47 Å². The van der Waals surface area contributed by atoms with Crippen LogP contribution in [0.4, 0.5) is 5.82 Å². The van der Waals surface area contributed by atoms with E-state index in [0.29, 0.717) is 19.8 Å². The summed E-state index contributed by atoms with van der Waals surface area (Å²) >= 11 is 0. The Kier molecular flexibility index (Phi) is 13.3. The molecule has 0 spiro atoms. The van der Waals surface area contributed by atoms with Crippen molar-refractivity contribution >= 4 is 11.8 Å². The van der Waals surface area contributed by atoms with E-state index in [4.69, 9.17) is 9.47 Å². The molecule has 0 bridgehead atoms. The Morgan fingerprint density at radius 1 is 1.08 bits per heavy atom. The predicted molar refractivity (Wildman–Crippen MR) is 103 cm³/mol. The van der Waals surface area contributed by atoms with Crippen LogP contribution < -0.4 is 16.0 Å². The third kappa shape index (κ3) is 12.2. The molecular weight excluding hydrogens is 318 g/mol. The summed E-state index contributed by atoms with van der Waals surface area (Å²) in [5.74, 6) is 1.80. The van der Waals surface area contributed by atoms with Crippen LogP contribution in [0.5, 0.6) is 0 Å². The molecule has 1 aromatic heterocycles. The SMILES string of the molecule is CCNC(=NCCCOCCOC)NCCCCNc1ccccn1. The lowest BCUT2D eigenvalue weighted by Crippen LogP contribution is -2.38. The monoisotopic (exact) mass is 351 g/mol. The van der Waals surface area contributed by atoms with Crippen molar-refractivity contribution in [1.82, 2.24) is 15.6 Å². The van der Waals surface area contributed by atoms with Crippen molar-refractivity contribution in [1.29, 1.82) is 0 Å². The summed E-state index contributed by atoms with van der Waals surface area (Å²) < 4.78 is 10.4. The van der Waals surface area contributed by atoms with Gasteiger partial charge in [0.25, 0.3) is 0 Å². The van der Waals surface area contributed by atoms with E-state index in [2.05, 4.69) is 32.9 Å². The van der Waals surface area contributed by atoms with Crippen molar-refractivity contribution in [2.45, 2.75) is 26.2 Å². The molecule has 0 aliphatic rings. The van der Waals surface area contributed by atoms with Crippen LogP contribution in [0, 0.1) is 0 Å². The third-order valence-corrected chi connectivity index (χ3v) is 3.36. The van der Waals surface area contributed by atoms with Gasteiger partial charge < -0.3 is 25.4 Å². The van der Waals surface area contributed by atoms with E-state index in [1.54, 1.807) is 13.3 Å². The highest BCUT2D eigenvalue weighted by atomic mass is 16.5. The van der Waals surface area contributed by atoms with Gasteiger partial charge in [-0.15, -0.1) is 0 Å². The Hall–Kier alpha value is -1.86. The number of nitrogens with one attached hydrogen (secondary N) is 3. The molecule has 7 nitrogen and oxygen atoms in total. The summed E-state index contributed by atoms with van der Waals surface area (Å²) in [5, 5.41) is 9.94. The maximum atomic E-state index is 5.43. The molecule has 0 unspecified atom stereocenters. The number of aliphatic imine (C=N–C) groups is 1. The molecule has 0 saturated heterocycles. The lowest BCUT2D eigenvalue weighted by Gasteiger charge is -2.11. The molecule has 25 heavy (non-hydrogen) atoms. The summed E-state index contributed by atoms with van der Waals surface area (Å²) in [7, 11) is 1.68. The molecule has 0 fully saturated rings. The number of methoxy groups -OCH3 is 1. The molecule has 1 heterocycles. The molecule has 0 aliphatic heterocycles. The number of hydrogen-bond acceptors (Lipinski definition) is 5. The number of nitrogens with zero attached hydrogens (tertiary/aromatic N) is 2. The van der Waals surface area contributed by atoms with E-state index in [1.807, 2.05) is 18.2 Å². The van der Waals surface area contributed by atoms with Crippen molar-refractivity contribution in [2.24, 2.45) is 4.99 Å². The van der Waals surface area contributed by atoms with Crippen LogP contribution in [0.1, 0.15) is 26.2 Å². The maximum Gasteiger partial charge on any atom is 0.191 e. The second-order valence-electron chi connectivity index (χ2n) is 5.50. The predicted octanol–water partition coefficient (Wildman–Crippen LogP) is 1.88. The molecule has 0 aromatic carbocycles. The van der Waals surface area contributed by atoms with E-state index in [9.17, 15) is 0 Å². The van der Waals surface area contributed by atoms with E-state index in [1.165, 1.54) is 0 Å². The fourth-order valence-corrected chi connectivity index (χ4v) is 2.08. The first kappa shape index (κ1) is 21.2. The van der Waals surface area contributed by atoms with Crippen LogP contribution in [0.25, 0.3) is 0 Å². The van der Waals surface area contributed by atoms with Crippen molar-refractivity contribution in [3.63, 3.8) is 0 Å². The second kappa shape index (κ2) is 15.7. The fraction of sp³-hybridized carbons (Fsp3) is 0.667. The molecule has 0 amide bonds. The topological polar surface area (TPSA) is 79.8 Å². The van der Waals surface area contributed by atoms with E-state index in [-0.39, 0.29) is 0 Å². The van der Waals surface area contributed by atoms with E-state index < -0.39 is 0 Å². The number of rotatable bonds is 14. The highest BCUT2D eigenvalue weighted by Crippen LogP contribution is 2.00. The highest BCUT2D eigenvalue weighted by Gasteiger charge is 1.97.